The zero-order chi connectivity index (χ0) is 27.2. The third-order valence-electron chi connectivity index (χ3n) is 5.86. The SMILES string of the molecule is COCCN(CC(=O)Nc1cc(C(C)(C)C)nn1-c1ccc(C)cc1C)C(=O)Nc1ccccc1OC. The van der Waals surface area contributed by atoms with Gasteiger partial charge >= 0.3 is 6.03 Å². The summed E-state index contributed by atoms with van der Waals surface area (Å²) in [6.45, 7) is 10.6. The number of rotatable bonds is 9. The minimum absolute atomic E-state index is 0.173. The van der Waals surface area contributed by atoms with Gasteiger partial charge in [0.15, 0.2) is 0 Å². The number of urea groups is 1. The van der Waals surface area contributed by atoms with E-state index >= 15 is 0 Å². The lowest BCUT2D eigenvalue weighted by Gasteiger charge is -2.23. The minimum Gasteiger partial charge on any atom is -0.495 e. The highest BCUT2D eigenvalue weighted by Gasteiger charge is 2.24. The summed E-state index contributed by atoms with van der Waals surface area (Å²) in [7, 11) is 3.08. The van der Waals surface area contributed by atoms with Gasteiger partial charge in [-0.3, -0.25) is 4.79 Å². The van der Waals surface area contributed by atoms with Crippen LogP contribution in [0.2, 0.25) is 0 Å². The Balaban J connectivity index is 1.84. The average molecular weight is 508 g/mol. The van der Waals surface area contributed by atoms with E-state index in [1.807, 2.05) is 38.1 Å². The number of methoxy groups -OCH3 is 2. The molecule has 0 unspecified atom stereocenters. The zero-order valence-corrected chi connectivity index (χ0v) is 22.7. The van der Waals surface area contributed by atoms with E-state index in [4.69, 9.17) is 14.6 Å². The van der Waals surface area contributed by atoms with Crippen molar-refractivity contribution in [3.05, 3.63) is 65.4 Å². The second kappa shape index (κ2) is 11.9. The first-order valence-electron chi connectivity index (χ1n) is 12.2. The summed E-state index contributed by atoms with van der Waals surface area (Å²) in [6.07, 6.45) is 0. The van der Waals surface area contributed by atoms with Crippen LogP contribution in [0.1, 0.15) is 37.6 Å². The van der Waals surface area contributed by atoms with Gasteiger partial charge in [-0.05, 0) is 37.6 Å². The summed E-state index contributed by atoms with van der Waals surface area (Å²) in [5, 5.41) is 10.6. The number of amides is 3. The van der Waals surface area contributed by atoms with Crippen molar-refractivity contribution in [2.75, 3.05) is 44.5 Å². The number of benzene rings is 2. The van der Waals surface area contributed by atoms with Gasteiger partial charge in [0.2, 0.25) is 5.91 Å². The number of carbonyl (C=O) groups is 2. The van der Waals surface area contributed by atoms with Crippen LogP contribution in [0.4, 0.5) is 16.3 Å². The maximum atomic E-state index is 13.2. The van der Waals surface area contributed by atoms with Gasteiger partial charge in [0.1, 0.15) is 18.1 Å². The Hall–Kier alpha value is -3.85. The van der Waals surface area contributed by atoms with Crippen molar-refractivity contribution in [2.24, 2.45) is 0 Å². The Morgan fingerprint density at radius 2 is 1.76 bits per heavy atom. The van der Waals surface area contributed by atoms with Crippen molar-refractivity contribution in [2.45, 2.75) is 40.0 Å². The van der Waals surface area contributed by atoms with Gasteiger partial charge < -0.3 is 25.0 Å². The van der Waals surface area contributed by atoms with Gasteiger partial charge in [-0.25, -0.2) is 9.48 Å². The molecule has 1 aromatic heterocycles. The molecule has 0 atom stereocenters. The lowest BCUT2D eigenvalue weighted by Crippen LogP contribution is -2.42. The normalized spacial score (nSPS) is 11.2. The number of hydrogen-bond donors (Lipinski definition) is 2. The number of nitrogens with one attached hydrogen (secondary N) is 2. The molecule has 0 fully saturated rings. The average Bonchev–Trinajstić information content (AvgIpc) is 3.26. The van der Waals surface area contributed by atoms with Gasteiger partial charge in [-0.15, -0.1) is 0 Å². The van der Waals surface area contributed by atoms with Gasteiger partial charge in [-0.2, -0.15) is 5.10 Å². The smallest absolute Gasteiger partial charge is 0.322 e. The monoisotopic (exact) mass is 507 g/mol. The minimum atomic E-state index is -0.435. The van der Waals surface area contributed by atoms with Gasteiger partial charge in [0, 0.05) is 25.1 Å². The lowest BCUT2D eigenvalue weighted by molar-refractivity contribution is -0.116. The van der Waals surface area contributed by atoms with Gasteiger partial charge in [0.25, 0.3) is 0 Å². The van der Waals surface area contributed by atoms with Crippen molar-refractivity contribution in [3.8, 4) is 11.4 Å². The molecule has 2 N–H and O–H groups in total. The summed E-state index contributed by atoms with van der Waals surface area (Å²) in [5.74, 6) is 0.718. The quantitative estimate of drug-likeness (QED) is 0.429. The molecule has 0 radical (unpaired) electrons. The Kier molecular flexibility index (Phi) is 8.94. The summed E-state index contributed by atoms with van der Waals surface area (Å²) in [6, 6.07) is 14.6. The first-order chi connectivity index (χ1) is 17.5. The van der Waals surface area contributed by atoms with Crippen LogP contribution in [0.25, 0.3) is 5.69 Å². The van der Waals surface area contributed by atoms with Crippen LogP contribution in [0.15, 0.2) is 48.5 Å². The van der Waals surface area contributed by atoms with Crippen molar-refractivity contribution >= 4 is 23.4 Å². The Labute approximate surface area is 218 Å². The fourth-order valence-corrected chi connectivity index (χ4v) is 3.82. The van der Waals surface area contributed by atoms with E-state index in [1.54, 1.807) is 30.0 Å². The van der Waals surface area contributed by atoms with Crippen molar-refractivity contribution in [1.29, 1.82) is 0 Å². The molecule has 198 valence electrons. The number of aromatic nitrogens is 2. The fourth-order valence-electron chi connectivity index (χ4n) is 3.82. The van der Waals surface area contributed by atoms with E-state index in [1.165, 1.54) is 12.0 Å². The third kappa shape index (κ3) is 7.10. The predicted octanol–water partition coefficient (Wildman–Crippen LogP) is 4.91. The molecule has 9 heteroatoms. The molecule has 37 heavy (non-hydrogen) atoms. The second-order valence-corrected chi connectivity index (χ2v) is 9.96. The Morgan fingerprint density at radius 3 is 2.41 bits per heavy atom. The van der Waals surface area contributed by atoms with E-state index in [-0.39, 0.29) is 31.0 Å². The molecule has 3 rings (SSSR count). The molecule has 2 aromatic carbocycles. The number of aryl methyl sites for hydroxylation is 2. The molecule has 9 nitrogen and oxygen atoms in total. The molecule has 1 heterocycles. The van der Waals surface area contributed by atoms with E-state index in [2.05, 4.69) is 37.5 Å². The van der Waals surface area contributed by atoms with E-state index < -0.39 is 6.03 Å². The fraction of sp³-hybridized carbons (Fsp3) is 0.393. The van der Waals surface area contributed by atoms with E-state index in [0.29, 0.717) is 17.3 Å². The topological polar surface area (TPSA) is 97.7 Å². The number of anilines is 2. The lowest BCUT2D eigenvalue weighted by atomic mass is 9.92. The van der Waals surface area contributed by atoms with Crippen LogP contribution >= 0.6 is 0 Å². The van der Waals surface area contributed by atoms with E-state index in [0.717, 1.165) is 22.5 Å². The van der Waals surface area contributed by atoms with Crippen LogP contribution in [0.5, 0.6) is 5.75 Å². The Bertz CT molecular complexity index is 1250. The summed E-state index contributed by atoms with van der Waals surface area (Å²) < 4.78 is 12.2. The van der Waals surface area contributed by atoms with Crippen LogP contribution in [-0.4, -0.2) is 60.5 Å². The molecule has 0 aliphatic heterocycles. The highest BCUT2D eigenvalue weighted by atomic mass is 16.5. The van der Waals surface area contributed by atoms with E-state index in [9.17, 15) is 9.59 Å². The third-order valence-corrected chi connectivity index (χ3v) is 5.86. The summed E-state index contributed by atoms with van der Waals surface area (Å²) in [4.78, 5) is 27.7. The molecular weight excluding hydrogens is 470 g/mol. The molecule has 3 amide bonds. The number of para-hydroxylation sites is 2. The molecule has 0 aliphatic carbocycles. The highest BCUT2D eigenvalue weighted by molar-refractivity contribution is 5.97. The molecule has 0 aliphatic rings. The molecule has 0 spiro atoms. The summed E-state index contributed by atoms with van der Waals surface area (Å²) >= 11 is 0. The number of nitrogens with zero attached hydrogens (tertiary/aromatic N) is 3. The number of carbonyl (C=O) groups excluding carboxylic acids is 2. The molecule has 0 saturated heterocycles. The number of ether oxygens (including phenoxy) is 2. The van der Waals surface area contributed by atoms with Crippen LogP contribution in [0, 0.1) is 13.8 Å². The van der Waals surface area contributed by atoms with Gasteiger partial charge in [0.05, 0.1) is 30.8 Å². The van der Waals surface area contributed by atoms with Crippen LogP contribution in [0.3, 0.4) is 0 Å². The molecular formula is C28H37N5O4. The predicted molar refractivity (Wildman–Crippen MR) is 146 cm³/mol. The zero-order valence-electron chi connectivity index (χ0n) is 22.7. The molecule has 3 aromatic rings. The van der Waals surface area contributed by atoms with Crippen molar-refractivity contribution < 1.29 is 19.1 Å². The molecule has 0 saturated carbocycles. The van der Waals surface area contributed by atoms with Crippen LogP contribution < -0.4 is 15.4 Å². The molecule has 0 bridgehead atoms. The first-order valence-corrected chi connectivity index (χ1v) is 12.2. The standard InChI is InChI=1S/C28H37N5O4/c1-19-12-13-22(20(2)16-19)33-25(17-24(31-33)28(3,4)5)30-26(34)18-32(14-15-36-6)27(35)29-21-10-8-9-11-23(21)37-7/h8-13,16-17H,14-15,18H2,1-7H3,(H,29,35)(H,30,34). The van der Waals surface area contributed by atoms with Gasteiger partial charge in [-0.1, -0.05) is 50.6 Å². The largest absolute Gasteiger partial charge is 0.495 e. The number of hydrogen-bond acceptors (Lipinski definition) is 5. The maximum absolute atomic E-state index is 13.2. The first kappa shape index (κ1) is 27.7. The highest BCUT2D eigenvalue weighted by Crippen LogP contribution is 2.28. The Morgan fingerprint density at radius 1 is 1.03 bits per heavy atom. The van der Waals surface area contributed by atoms with Crippen LogP contribution in [-0.2, 0) is 14.9 Å². The second-order valence-electron chi connectivity index (χ2n) is 9.96. The summed E-state index contributed by atoms with van der Waals surface area (Å²) in [5.41, 5.74) is 4.19. The van der Waals surface area contributed by atoms with Crippen molar-refractivity contribution in [1.82, 2.24) is 14.7 Å². The van der Waals surface area contributed by atoms with Crippen molar-refractivity contribution in [3.63, 3.8) is 0 Å². The maximum Gasteiger partial charge on any atom is 0.322 e.